The van der Waals surface area contributed by atoms with Gasteiger partial charge in [-0.2, -0.15) is 0 Å². The van der Waals surface area contributed by atoms with Crippen molar-refractivity contribution >= 4 is 0 Å². The lowest BCUT2D eigenvalue weighted by Gasteiger charge is -2.16. The summed E-state index contributed by atoms with van der Waals surface area (Å²) in [5.41, 5.74) is 10.8. The van der Waals surface area contributed by atoms with E-state index in [1.54, 1.807) is 12.1 Å². The van der Waals surface area contributed by atoms with Crippen LogP contribution >= 0.6 is 0 Å². The highest BCUT2D eigenvalue weighted by Crippen LogP contribution is 2.22. The third-order valence-electron chi connectivity index (χ3n) is 3.39. The highest BCUT2D eigenvalue weighted by atomic mass is 19.1. The van der Waals surface area contributed by atoms with Crippen molar-refractivity contribution in [3.05, 3.63) is 70.5 Å². The Morgan fingerprint density at radius 2 is 1.83 bits per heavy atom. The van der Waals surface area contributed by atoms with Crippen LogP contribution in [-0.4, -0.2) is 0 Å². The molecule has 2 aromatic carbocycles. The molecule has 0 heterocycles. The van der Waals surface area contributed by atoms with Gasteiger partial charge < -0.3 is 5.73 Å². The molecule has 18 heavy (non-hydrogen) atoms. The summed E-state index contributed by atoms with van der Waals surface area (Å²) in [6.45, 7) is 4.16. The summed E-state index contributed by atoms with van der Waals surface area (Å²) in [6, 6.07) is 12.7. The zero-order chi connectivity index (χ0) is 13.1. The molecule has 0 aliphatic heterocycles. The Morgan fingerprint density at radius 3 is 2.56 bits per heavy atom. The van der Waals surface area contributed by atoms with E-state index in [0.29, 0.717) is 6.42 Å². The average molecular weight is 243 g/mol. The Balaban J connectivity index is 2.22. The highest BCUT2D eigenvalue weighted by molar-refractivity contribution is 5.36. The maximum absolute atomic E-state index is 13.1. The van der Waals surface area contributed by atoms with E-state index in [1.807, 2.05) is 18.2 Å². The third kappa shape index (κ3) is 2.77. The summed E-state index contributed by atoms with van der Waals surface area (Å²) in [4.78, 5) is 0. The molecular formula is C16H18FN. The zero-order valence-corrected chi connectivity index (χ0v) is 10.8. The second kappa shape index (κ2) is 5.32. The first-order chi connectivity index (χ1) is 8.58. The molecule has 1 nitrogen and oxygen atoms in total. The quantitative estimate of drug-likeness (QED) is 0.874. The van der Waals surface area contributed by atoms with Crippen molar-refractivity contribution in [1.29, 1.82) is 0 Å². The largest absolute Gasteiger partial charge is 0.324 e. The van der Waals surface area contributed by atoms with Crippen molar-refractivity contribution < 1.29 is 4.39 Å². The Hall–Kier alpha value is -1.67. The smallest absolute Gasteiger partial charge is 0.123 e. The molecule has 0 amide bonds. The SMILES string of the molecule is Cc1cccc(C(N)Cc2cccc(F)c2)c1C. The van der Waals surface area contributed by atoms with Crippen LogP contribution in [0.4, 0.5) is 4.39 Å². The van der Waals surface area contributed by atoms with Gasteiger partial charge in [0.05, 0.1) is 0 Å². The van der Waals surface area contributed by atoms with Crippen molar-refractivity contribution in [1.82, 2.24) is 0 Å². The van der Waals surface area contributed by atoms with Gasteiger partial charge in [0.2, 0.25) is 0 Å². The predicted octanol–water partition coefficient (Wildman–Crippen LogP) is 3.69. The van der Waals surface area contributed by atoms with E-state index in [-0.39, 0.29) is 11.9 Å². The minimum absolute atomic E-state index is 0.0910. The fraction of sp³-hybridized carbons (Fsp3) is 0.250. The molecule has 0 fully saturated rings. The van der Waals surface area contributed by atoms with Crippen molar-refractivity contribution in [3.8, 4) is 0 Å². The van der Waals surface area contributed by atoms with E-state index < -0.39 is 0 Å². The van der Waals surface area contributed by atoms with Crippen molar-refractivity contribution in [2.75, 3.05) is 0 Å². The number of hydrogen-bond donors (Lipinski definition) is 1. The molecule has 0 aromatic heterocycles. The molecule has 0 aliphatic rings. The molecule has 0 bridgehead atoms. The molecule has 0 spiro atoms. The summed E-state index contributed by atoms with van der Waals surface area (Å²) in [5.74, 6) is -0.208. The number of aryl methyl sites for hydroxylation is 1. The minimum atomic E-state index is -0.208. The van der Waals surface area contributed by atoms with E-state index in [9.17, 15) is 4.39 Å². The van der Waals surface area contributed by atoms with E-state index in [0.717, 1.165) is 11.1 Å². The van der Waals surface area contributed by atoms with Gasteiger partial charge in [-0.25, -0.2) is 4.39 Å². The first-order valence-corrected chi connectivity index (χ1v) is 6.14. The molecule has 1 unspecified atom stereocenters. The molecular weight excluding hydrogens is 225 g/mol. The first-order valence-electron chi connectivity index (χ1n) is 6.14. The number of benzene rings is 2. The summed E-state index contributed by atoms with van der Waals surface area (Å²) in [6.07, 6.45) is 0.655. The summed E-state index contributed by atoms with van der Waals surface area (Å²) >= 11 is 0. The molecule has 94 valence electrons. The van der Waals surface area contributed by atoms with Gasteiger partial charge in [-0.1, -0.05) is 30.3 Å². The van der Waals surface area contributed by atoms with Crippen LogP contribution in [0.2, 0.25) is 0 Å². The normalized spacial score (nSPS) is 12.4. The fourth-order valence-electron chi connectivity index (χ4n) is 2.20. The predicted molar refractivity (Wildman–Crippen MR) is 72.9 cm³/mol. The van der Waals surface area contributed by atoms with Gasteiger partial charge in [0.25, 0.3) is 0 Å². The maximum Gasteiger partial charge on any atom is 0.123 e. The Labute approximate surface area is 107 Å². The monoisotopic (exact) mass is 243 g/mol. The first kappa shape index (κ1) is 12.8. The van der Waals surface area contributed by atoms with Crippen molar-refractivity contribution in [2.24, 2.45) is 5.73 Å². The van der Waals surface area contributed by atoms with Crippen LogP contribution in [0.5, 0.6) is 0 Å². The standard InChI is InChI=1S/C16H18FN/c1-11-5-3-8-15(12(11)2)16(18)10-13-6-4-7-14(17)9-13/h3-9,16H,10,18H2,1-2H3. The zero-order valence-electron chi connectivity index (χ0n) is 10.8. The third-order valence-corrected chi connectivity index (χ3v) is 3.39. The Bertz CT molecular complexity index is 549. The topological polar surface area (TPSA) is 26.0 Å². The van der Waals surface area contributed by atoms with Gasteiger partial charge in [0.1, 0.15) is 5.82 Å². The number of nitrogens with two attached hydrogens (primary N) is 1. The van der Waals surface area contributed by atoms with Crippen LogP contribution in [0.15, 0.2) is 42.5 Å². The average Bonchev–Trinajstić information content (AvgIpc) is 2.32. The molecule has 0 radical (unpaired) electrons. The lowest BCUT2D eigenvalue weighted by atomic mass is 9.94. The highest BCUT2D eigenvalue weighted by Gasteiger charge is 2.11. The molecule has 0 aliphatic carbocycles. The van der Waals surface area contributed by atoms with Gasteiger partial charge in [-0.15, -0.1) is 0 Å². The van der Waals surface area contributed by atoms with Gasteiger partial charge in [-0.05, 0) is 54.7 Å². The molecule has 2 aromatic rings. The maximum atomic E-state index is 13.1. The second-order valence-corrected chi connectivity index (χ2v) is 4.73. The molecule has 2 N–H and O–H groups in total. The van der Waals surface area contributed by atoms with Crippen LogP contribution in [0, 0.1) is 19.7 Å². The molecule has 0 saturated heterocycles. The van der Waals surface area contributed by atoms with Gasteiger partial charge in [0, 0.05) is 6.04 Å². The van der Waals surface area contributed by atoms with Crippen LogP contribution in [0.25, 0.3) is 0 Å². The molecule has 0 saturated carbocycles. The van der Waals surface area contributed by atoms with Crippen LogP contribution in [0.1, 0.15) is 28.3 Å². The van der Waals surface area contributed by atoms with E-state index >= 15 is 0 Å². The fourth-order valence-corrected chi connectivity index (χ4v) is 2.20. The van der Waals surface area contributed by atoms with Gasteiger partial charge >= 0.3 is 0 Å². The molecule has 1 atom stereocenters. The Kier molecular flexibility index (Phi) is 3.78. The van der Waals surface area contributed by atoms with Crippen LogP contribution in [0.3, 0.4) is 0 Å². The van der Waals surface area contributed by atoms with E-state index in [1.165, 1.54) is 17.2 Å². The van der Waals surface area contributed by atoms with E-state index in [4.69, 9.17) is 5.73 Å². The number of rotatable bonds is 3. The van der Waals surface area contributed by atoms with Crippen molar-refractivity contribution in [3.63, 3.8) is 0 Å². The number of halogens is 1. The Morgan fingerprint density at radius 1 is 1.11 bits per heavy atom. The van der Waals surface area contributed by atoms with Crippen LogP contribution < -0.4 is 5.73 Å². The summed E-state index contributed by atoms with van der Waals surface area (Å²) in [7, 11) is 0. The van der Waals surface area contributed by atoms with E-state index in [2.05, 4.69) is 19.9 Å². The van der Waals surface area contributed by atoms with Crippen molar-refractivity contribution in [2.45, 2.75) is 26.3 Å². The number of hydrogen-bond acceptors (Lipinski definition) is 1. The summed E-state index contributed by atoms with van der Waals surface area (Å²) < 4.78 is 13.1. The van der Waals surface area contributed by atoms with Gasteiger partial charge in [-0.3, -0.25) is 0 Å². The van der Waals surface area contributed by atoms with Crippen LogP contribution in [-0.2, 0) is 6.42 Å². The lowest BCUT2D eigenvalue weighted by molar-refractivity contribution is 0.622. The minimum Gasteiger partial charge on any atom is -0.324 e. The lowest BCUT2D eigenvalue weighted by Crippen LogP contribution is -2.15. The molecule has 2 heteroatoms. The second-order valence-electron chi connectivity index (χ2n) is 4.73. The molecule has 2 rings (SSSR count). The summed E-state index contributed by atoms with van der Waals surface area (Å²) in [5, 5.41) is 0. The van der Waals surface area contributed by atoms with Gasteiger partial charge in [0.15, 0.2) is 0 Å².